The van der Waals surface area contributed by atoms with Gasteiger partial charge < -0.3 is 13.7 Å². The first-order valence-corrected chi connectivity index (χ1v) is 10.4. The minimum Gasteiger partial charge on any atom is -0.472 e. The standard InChI is InChI=1S/C22H21N3O3S/c1-2-25-12-11-23-20(25)19(9-8-16-6-4-3-5-7-16)28-22(26)18-15-29-21(24-18)17-10-13-27-14-17/h3-7,10-15,19H,2,8-9H2,1H3. The van der Waals surface area contributed by atoms with Crippen molar-refractivity contribution in [3.8, 4) is 10.6 Å². The van der Waals surface area contributed by atoms with E-state index in [0.29, 0.717) is 12.1 Å². The molecule has 7 heteroatoms. The maximum atomic E-state index is 12.8. The van der Waals surface area contributed by atoms with Gasteiger partial charge in [0.15, 0.2) is 11.8 Å². The quantitative estimate of drug-likeness (QED) is 0.378. The molecule has 0 N–H and O–H groups in total. The molecule has 6 nitrogen and oxygen atoms in total. The minimum atomic E-state index is -0.447. The van der Waals surface area contributed by atoms with Crippen molar-refractivity contribution in [3.05, 3.63) is 83.8 Å². The Hall–Kier alpha value is -3.19. The molecule has 0 saturated heterocycles. The number of thiazole rings is 1. The minimum absolute atomic E-state index is 0.297. The summed E-state index contributed by atoms with van der Waals surface area (Å²) in [7, 11) is 0. The first-order chi connectivity index (χ1) is 14.2. The number of nitrogens with zero attached hydrogens (tertiary/aromatic N) is 3. The summed E-state index contributed by atoms with van der Waals surface area (Å²) < 4.78 is 13.0. The third kappa shape index (κ3) is 4.46. The first-order valence-electron chi connectivity index (χ1n) is 9.48. The van der Waals surface area contributed by atoms with E-state index >= 15 is 0 Å². The van der Waals surface area contributed by atoms with Crippen LogP contribution in [0.3, 0.4) is 0 Å². The van der Waals surface area contributed by atoms with E-state index in [4.69, 9.17) is 9.15 Å². The number of aryl methyl sites for hydroxylation is 2. The van der Waals surface area contributed by atoms with Gasteiger partial charge in [0.1, 0.15) is 17.1 Å². The largest absolute Gasteiger partial charge is 0.472 e. The second kappa shape index (κ2) is 8.87. The van der Waals surface area contributed by atoms with Crippen molar-refractivity contribution < 1.29 is 13.9 Å². The third-order valence-electron chi connectivity index (χ3n) is 4.65. The molecule has 0 spiro atoms. The van der Waals surface area contributed by atoms with Crippen LogP contribution in [-0.4, -0.2) is 20.5 Å². The van der Waals surface area contributed by atoms with Gasteiger partial charge in [-0.05, 0) is 31.4 Å². The van der Waals surface area contributed by atoms with Crippen LogP contribution in [0.25, 0.3) is 10.6 Å². The Balaban J connectivity index is 1.52. The van der Waals surface area contributed by atoms with Gasteiger partial charge in [-0.3, -0.25) is 0 Å². The normalized spacial score (nSPS) is 12.0. The average molecular weight is 407 g/mol. The van der Waals surface area contributed by atoms with Crippen molar-refractivity contribution in [2.75, 3.05) is 0 Å². The first kappa shape index (κ1) is 19.1. The molecule has 3 heterocycles. The molecule has 0 fully saturated rings. The number of furan rings is 1. The van der Waals surface area contributed by atoms with Gasteiger partial charge in [0.25, 0.3) is 0 Å². The lowest BCUT2D eigenvalue weighted by Gasteiger charge is -2.18. The molecule has 29 heavy (non-hydrogen) atoms. The summed E-state index contributed by atoms with van der Waals surface area (Å²) in [6, 6.07) is 12.0. The molecule has 0 radical (unpaired) electrons. The maximum absolute atomic E-state index is 12.8. The Morgan fingerprint density at radius 3 is 2.90 bits per heavy atom. The fourth-order valence-corrected chi connectivity index (χ4v) is 3.91. The summed E-state index contributed by atoms with van der Waals surface area (Å²) in [5, 5.41) is 2.44. The van der Waals surface area contributed by atoms with Gasteiger partial charge in [0, 0.05) is 29.9 Å². The maximum Gasteiger partial charge on any atom is 0.358 e. The van der Waals surface area contributed by atoms with Crippen LogP contribution in [0, 0.1) is 0 Å². The second-order valence-electron chi connectivity index (χ2n) is 6.54. The van der Waals surface area contributed by atoms with Crippen molar-refractivity contribution in [3.63, 3.8) is 0 Å². The Morgan fingerprint density at radius 1 is 1.28 bits per heavy atom. The van der Waals surface area contributed by atoms with Gasteiger partial charge in [-0.2, -0.15) is 0 Å². The SMILES string of the molecule is CCn1ccnc1C(CCc1ccccc1)OC(=O)c1csc(-c2ccoc2)n1. The summed E-state index contributed by atoms with van der Waals surface area (Å²) in [5.41, 5.74) is 2.33. The molecule has 0 saturated carbocycles. The highest BCUT2D eigenvalue weighted by molar-refractivity contribution is 7.13. The Bertz CT molecular complexity index is 1050. The van der Waals surface area contributed by atoms with Crippen molar-refractivity contribution in [2.24, 2.45) is 0 Å². The molecule has 1 aromatic carbocycles. The van der Waals surface area contributed by atoms with Crippen LogP contribution in [0.4, 0.5) is 0 Å². The number of esters is 1. The number of carbonyl (C=O) groups excluding carboxylic acids is 1. The molecule has 0 aliphatic rings. The van der Waals surface area contributed by atoms with Crippen LogP contribution < -0.4 is 0 Å². The Kier molecular flexibility index (Phi) is 5.86. The van der Waals surface area contributed by atoms with Gasteiger partial charge in [0.2, 0.25) is 0 Å². The van der Waals surface area contributed by atoms with Crippen LogP contribution in [0.15, 0.2) is 71.1 Å². The van der Waals surface area contributed by atoms with Crippen molar-refractivity contribution in [1.29, 1.82) is 0 Å². The number of imidazole rings is 1. The van der Waals surface area contributed by atoms with E-state index in [1.165, 1.54) is 16.9 Å². The predicted octanol–water partition coefficient (Wildman–Crippen LogP) is 5.15. The van der Waals surface area contributed by atoms with Gasteiger partial charge in [-0.25, -0.2) is 14.8 Å². The number of hydrogen-bond donors (Lipinski definition) is 0. The highest BCUT2D eigenvalue weighted by atomic mass is 32.1. The molecule has 3 aromatic heterocycles. The van der Waals surface area contributed by atoms with Crippen LogP contribution in [0.1, 0.15) is 41.3 Å². The van der Waals surface area contributed by atoms with Crippen molar-refractivity contribution in [2.45, 2.75) is 32.4 Å². The van der Waals surface area contributed by atoms with Crippen LogP contribution in [0.5, 0.6) is 0 Å². The van der Waals surface area contributed by atoms with E-state index < -0.39 is 12.1 Å². The summed E-state index contributed by atoms with van der Waals surface area (Å²) in [5.74, 6) is 0.307. The van der Waals surface area contributed by atoms with Crippen LogP contribution in [-0.2, 0) is 17.7 Å². The molecule has 0 bridgehead atoms. The van der Waals surface area contributed by atoms with Crippen LogP contribution >= 0.6 is 11.3 Å². The lowest BCUT2D eigenvalue weighted by atomic mass is 10.1. The number of carbonyl (C=O) groups is 1. The molecule has 0 amide bonds. The highest BCUT2D eigenvalue weighted by Crippen LogP contribution is 2.27. The zero-order chi connectivity index (χ0) is 20.1. The Morgan fingerprint density at radius 2 is 2.14 bits per heavy atom. The summed E-state index contributed by atoms with van der Waals surface area (Å²) in [6.07, 6.45) is 7.81. The molecule has 0 aliphatic carbocycles. The number of ether oxygens (including phenoxy) is 1. The number of hydrogen-bond acceptors (Lipinski definition) is 6. The molecular formula is C22H21N3O3S. The number of rotatable bonds is 8. The summed E-state index contributed by atoms with van der Waals surface area (Å²) in [4.78, 5) is 21.7. The topological polar surface area (TPSA) is 70.2 Å². The van der Waals surface area contributed by atoms with Crippen molar-refractivity contribution in [1.82, 2.24) is 14.5 Å². The average Bonchev–Trinajstić information content (AvgIpc) is 3.52. The molecular weight excluding hydrogens is 386 g/mol. The van der Waals surface area contributed by atoms with E-state index in [0.717, 1.165) is 29.4 Å². The molecule has 4 aromatic rings. The van der Waals surface area contributed by atoms with Gasteiger partial charge in [0.05, 0.1) is 6.26 Å². The van der Waals surface area contributed by atoms with E-state index in [1.807, 2.05) is 42.0 Å². The fraction of sp³-hybridized carbons (Fsp3) is 0.227. The molecule has 4 rings (SSSR count). The number of benzene rings is 1. The van der Waals surface area contributed by atoms with Crippen molar-refractivity contribution >= 4 is 17.3 Å². The monoisotopic (exact) mass is 407 g/mol. The summed E-state index contributed by atoms with van der Waals surface area (Å²) in [6.45, 7) is 2.80. The zero-order valence-electron chi connectivity index (χ0n) is 16.0. The Labute approximate surface area is 172 Å². The van der Waals surface area contributed by atoms with Crippen LogP contribution in [0.2, 0.25) is 0 Å². The number of aromatic nitrogens is 3. The molecule has 1 atom stereocenters. The molecule has 148 valence electrons. The predicted molar refractivity (Wildman–Crippen MR) is 111 cm³/mol. The smallest absolute Gasteiger partial charge is 0.358 e. The van der Waals surface area contributed by atoms with Gasteiger partial charge >= 0.3 is 5.97 Å². The second-order valence-corrected chi connectivity index (χ2v) is 7.40. The lowest BCUT2D eigenvalue weighted by molar-refractivity contribution is 0.0242. The van der Waals surface area contributed by atoms with E-state index in [2.05, 4.69) is 22.1 Å². The van der Waals surface area contributed by atoms with Gasteiger partial charge in [-0.1, -0.05) is 30.3 Å². The third-order valence-corrected chi connectivity index (χ3v) is 5.54. The van der Waals surface area contributed by atoms with E-state index in [-0.39, 0.29) is 0 Å². The van der Waals surface area contributed by atoms with E-state index in [9.17, 15) is 4.79 Å². The van der Waals surface area contributed by atoms with E-state index in [1.54, 1.807) is 24.1 Å². The molecule has 1 unspecified atom stereocenters. The summed E-state index contributed by atoms with van der Waals surface area (Å²) >= 11 is 1.39. The fourth-order valence-electron chi connectivity index (χ4n) is 3.14. The molecule has 0 aliphatic heterocycles. The zero-order valence-corrected chi connectivity index (χ0v) is 16.8. The lowest BCUT2D eigenvalue weighted by Crippen LogP contribution is -2.17. The van der Waals surface area contributed by atoms with Gasteiger partial charge in [-0.15, -0.1) is 11.3 Å². The highest BCUT2D eigenvalue weighted by Gasteiger charge is 2.24.